The monoisotopic (exact) mass is 287 g/mol. The number of rotatable bonds is 4. The molecule has 0 unspecified atom stereocenters. The Morgan fingerprint density at radius 2 is 2.22 bits per heavy atom. The summed E-state index contributed by atoms with van der Waals surface area (Å²) >= 11 is 1.03. The van der Waals surface area contributed by atoms with Crippen molar-refractivity contribution in [1.29, 1.82) is 0 Å². The molecular weight excluding hydrogens is 274 g/mol. The minimum Gasteiger partial charge on any atom is -0.334 e. The zero-order chi connectivity index (χ0) is 13.3. The second-order valence-corrected chi connectivity index (χ2v) is 6.95. The molecule has 0 atom stereocenters. The van der Waals surface area contributed by atoms with Crippen molar-refractivity contribution >= 4 is 21.4 Å². The maximum absolute atomic E-state index is 11.4. The van der Waals surface area contributed by atoms with E-state index in [1.54, 1.807) is 11.4 Å². The number of hydrogen-bond donors (Lipinski definition) is 1. The highest BCUT2D eigenvalue weighted by Crippen LogP contribution is 2.30. The molecule has 0 amide bonds. The van der Waals surface area contributed by atoms with Gasteiger partial charge in [0.1, 0.15) is 4.21 Å². The van der Waals surface area contributed by atoms with Gasteiger partial charge in [0, 0.05) is 6.42 Å². The lowest BCUT2D eigenvalue weighted by molar-refractivity contribution is 0.417. The molecule has 0 aliphatic heterocycles. The van der Waals surface area contributed by atoms with E-state index >= 15 is 0 Å². The van der Waals surface area contributed by atoms with Crippen LogP contribution in [0.4, 0.5) is 0 Å². The third-order valence-corrected chi connectivity index (χ3v) is 4.61. The molecule has 0 radical (unpaired) electrons. The summed E-state index contributed by atoms with van der Waals surface area (Å²) in [6.45, 7) is 4.08. The van der Waals surface area contributed by atoms with Crippen LogP contribution in [-0.2, 0) is 16.4 Å². The van der Waals surface area contributed by atoms with Gasteiger partial charge in [-0.1, -0.05) is 19.0 Å². The van der Waals surface area contributed by atoms with E-state index in [4.69, 9.17) is 9.66 Å². The Labute approximate surface area is 109 Å². The van der Waals surface area contributed by atoms with Crippen LogP contribution in [0.5, 0.6) is 0 Å². The molecule has 98 valence electrons. The van der Waals surface area contributed by atoms with Gasteiger partial charge in [-0.05, 0) is 17.4 Å². The number of thiophene rings is 1. The summed E-state index contributed by atoms with van der Waals surface area (Å²) in [6, 6.07) is 1.61. The van der Waals surface area contributed by atoms with Gasteiger partial charge in [-0.3, -0.25) is 0 Å². The number of nitrogens with two attached hydrogens (primary N) is 1. The molecule has 2 aromatic rings. The Balaban J connectivity index is 2.38. The largest absolute Gasteiger partial charge is 0.334 e. The van der Waals surface area contributed by atoms with Crippen molar-refractivity contribution in [3.63, 3.8) is 0 Å². The van der Waals surface area contributed by atoms with Crippen LogP contribution < -0.4 is 5.14 Å². The molecule has 6 nitrogen and oxygen atoms in total. The van der Waals surface area contributed by atoms with Crippen molar-refractivity contribution in [2.45, 2.75) is 24.5 Å². The first kappa shape index (κ1) is 13.2. The molecule has 0 aliphatic rings. The molecule has 0 fully saturated rings. The number of aromatic nitrogens is 2. The highest BCUT2D eigenvalue weighted by molar-refractivity contribution is 7.91. The summed E-state index contributed by atoms with van der Waals surface area (Å²) in [6.07, 6.45) is 0.679. The van der Waals surface area contributed by atoms with Crippen LogP contribution in [0.15, 0.2) is 20.2 Å². The average molecular weight is 287 g/mol. The predicted octanol–water partition coefficient (Wildman–Crippen LogP) is 1.64. The summed E-state index contributed by atoms with van der Waals surface area (Å²) in [7, 11) is -3.76. The molecule has 8 heteroatoms. The van der Waals surface area contributed by atoms with E-state index in [1.165, 1.54) is 0 Å². The lowest BCUT2D eigenvalue weighted by atomic mass is 10.1. The van der Waals surface area contributed by atoms with E-state index in [0.29, 0.717) is 23.7 Å². The summed E-state index contributed by atoms with van der Waals surface area (Å²) in [5, 5.41) is 10.6. The van der Waals surface area contributed by atoms with E-state index < -0.39 is 10.0 Å². The Hall–Kier alpha value is -1.25. The summed E-state index contributed by atoms with van der Waals surface area (Å²) < 4.78 is 27.9. The summed E-state index contributed by atoms with van der Waals surface area (Å²) in [5.41, 5.74) is 0.366. The van der Waals surface area contributed by atoms with Crippen molar-refractivity contribution in [3.05, 3.63) is 17.3 Å². The first-order valence-electron chi connectivity index (χ1n) is 5.31. The second-order valence-electron chi connectivity index (χ2n) is 4.28. The molecular formula is C10H13N3O3S2. The zero-order valence-electron chi connectivity index (χ0n) is 9.95. The van der Waals surface area contributed by atoms with E-state index in [1.807, 2.05) is 13.8 Å². The van der Waals surface area contributed by atoms with Crippen molar-refractivity contribution in [2.24, 2.45) is 11.1 Å². The topological polar surface area (TPSA) is 99.1 Å². The van der Waals surface area contributed by atoms with Crippen LogP contribution in [0.1, 0.15) is 19.7 Å². The molecule has 0 aromatic carbocycles. The highest BCUT2D eigenvalue weighted by atomic mass is 32.2. The number of nitrogens with zero attached hydrogens (tertiary/aromatic N) is 2. The van der Waals surface area contributed by atoms with Crippen LogP contribution in [0.25, 0.3) is 11.5 Å². The maximum Gasteiger partial charge on any atom is 0.260 e. The van der Waals surface area contributed by atoms with Gasteiger partial charge in [0.2, 0.25) is 10.0 Å². The van der Waals surface area contributed by atoms with Crippen molar-refractivity contribution in [2.75, 3.05) is 0 Å². The summed E-state index contributed by atoms with van der Waals surface area (Å²) in [5.74, 6) is 1.15. The maximum atomic E-state index is 11.4. The van der Waals surface area contributed by atoms with Crippen LogP contribution in [0.3, 0.4) is 0 Å². The second kappa shape index (κ2) is 4.79. The molecule has 0 bridgehead atoms. The fourth-order valence-corrected chi connectivity index (χ4v) is 3.26. The predicted molar refractivity (Wildman–Crippen MR) is 67.5 cm³/mol. The molecule has 2 aromatic heterocycles. The van der Waals surface area contributed by atoms with Gasteiger partial charge in [-0.2, -0.15) is 4.98 Å². The zero-order valence-corrected chi connectivity index (χ0v) is 11.6. The number of primary sulfonamides is 1. The highest BCUT2D eigenvalue weighted by Gasteiger charge is 2.21. The lowest BCUT2D eigenvalue weighted by Gasteiger charge is -1.97. The van der Waals surface area contributed by atoms with E-state index in [9.17, 15) is 8.42 Å². The number of hydrogen-bond acceptors (Lipinski definition) is 6. The van der Waals surface area contributed by atoms with Crippen LogP contribution >= 0.6 is 11.3 Å². The minimum absolute atomic E-state index is 0.0437. The average Bonchev–Trinajstić information content (AvgIpc) is 2.81. The van der Waals surface area contributed by atoms with Gasteiger partial charge in [0.05, 0.1) is 5.56 Å². The molecule has 2 heterocycles. The van der Waals surface area contributed by atoms with Crippen LogP contribution in [0, 0.1) is 5.92 Å². The number of sulfonamides is 1. The molecule has 2 N–H and O–H groups in total. The van der Waals surface area contributed by atoms with E-state index in [-0.39, 0.29) is 10.1 Å². The van der Waals surface area contributed by atoms with Crippen LogP contribution in [0.2, 0.25) is 0 Å². The van der Waals surface area contributed by atoms with Crippen molar-refractivity contribution < 1.29 is 12.9 Å². The van der Waals surface area contributed by atoms with Gasteiger partial charge in [-0.25, -0.2) is 13.6 Å². The van der Waals surface area contributed by atoms with E-state index in [2.05, 4.69) is 10.1 Å². The normalized spacial score (nSPS) is 12.2. The Bertz CT molecular complexity index is 643. The van der Waals surface area contributed by atoms with Gasteiger partial charge >= 0.3 is 0 Å². The first-order chi connectivity index (χ1) is 8.38. The molecule has 0 saturated heterocycles. The quantitative estimate of drug-likeness (QED) is 0.921. The molecule has 2 rings (SSSR count). The lowest BCUT2D eigenvalue weighted by Crippen LogP contribution is -2.11. The molecule has 0 spiro atoms. The fraction of sp³-hybridized carbons (Fsp3) is 0.400. The van der Waals surface area contributed by atoms with Gasteiger partial charge in [-0.15, -0.1) is 11.3 Å². The third kappa shape index (κ3) is 2.77. The standard InChI is InChI=1S/C10H13N3O3S2/c1-6(2)5-8-12-9(16-13-8)7-3-4-17-10(7)18(11,14)15/h3-4,6H,5H2,1-2H3,(H2,11,14,15). The van der Waals surface area contributed by atoms with Gasteiger partial charge < -0.3 is 4.52 Å². The third-order valence-electron chi connectivity index (χ3n) is 2.18. The summed E-state index contributed by atoms with van der Waals surface area (Å²) in [4.78, 5) is 4.18. The molecule has 0 aliphatic carbocycles. The smallest absolute Gasteiger partial charge is 0.260 e. The Morgan fingerprint density at radius 1 is 1.50 bits per heavy atom. The molecule has 18 heavy (non-hydrogen) atoms. The molecule has 0 saturated carbocycles. The fourth-order valence-electron chi connectivity index (χ4n) is 1.49. The van der Waals surface area contributed by atoms with Crippen LogP contribution in [-0.4, -0.2) is 18.6 Å². The first-order valence-corrected chi connectivity index (χ1v) is 7.73. The van der Waals surface area contributed by atoms with Crippen molar-refractivity contribution in [3.8, 4) is 11.5 Å². The minimum atomic E-state index is -3.76. The SMILES string of the molecule is CC(C)Cc1noc(-c2ccsc2S(N)(=O)=O)n1. The van der Waals surface area contributed by atoms with Gasteiger partial charge in [0.15, 0.2) is 5.82 Å². The van der Waals surface area contributed by atoms with E-state index in [0.717, 1.165) is 11.3 Å². The Kier molecular flexibility index (Phi) is 3.51. The van der Waals surface area contributed by atoms with Gasteiger partial charge in [0.25, 0.3) is 5.89 Å². The Morgan fingerprint density at radius 3 is 2.83 bits per heavy atom. The van der Waals surface area contributed by atoms with Crippen molar-refractivity contribution in [1.82, 2.24) is 10.1 Å².